The molecular formula is C12H27N3O4. The minimum Gasteiger partial charge on any atom is -0.383 e. The maximum absolute atomic E-state index is 11.8. The van der Waals surface area contributed by atoms with Gasteiger partial charge in [-0.15, -0.1) is 0 Å². The number of ether oxygens (including phenoxy) is 3. The molecule has 0 saturated heterocycles. The van der Waals surface area contributed by atoms with Gasteiger partial charge in [0.15, 0.2) is 0 Å². The summed E-state index contributed by atoms with van der Waals surface area (Å²) < 4.78 is 15.7. The largest absolute Gasteiger partial charge is 0.383 e. The average Bonchev–Trinajstić information content (AvgIpc) is 2.43. The molecule has 0 rings (SSSR count). The Labute approximate surface area is 115 Å². The van der Waals surface area contributed by atoms with E-state index in [-0.39, 0.29) is 12.5 Å². The Morgan fingerprint density at radius 3 is 2.11 bits per heavy atom. The molecule has 0 aliphatic heterocycles. The predicted octanol–water partition coefficient (Wildman–Crippen LogP) is -0.634. The average molecular weight is 277 g/mol. The van der Waals surface area contributed by atoms with Gasteiger partial charge in [0, 0.05) is 33.4 Å². The van der Waals surface area contributed by atoms with E-state index in [2.05, 4.69) is 5.43 Å². The van der Waals surface area contributed by atoms with Crippen LogP contribution in [0.5, 0.6) is 0 Å². The summed E-state index contributed by atoms with van der Waals surface area (Å²) in [5.74, 6) is 4.94. The summed E-state index contributed by atoms with van der Waals surface area (Å²) in [5, 5.41) is 0. The van der Waals surface area contributed by atoms with E-state index in [1.165, 1.54) is 0 Å². The highest BCUT2D eigenvalue weighted by atomic mass is 16.5. The van der Waals surface area contributed by atoms with Gasteiger partial charge in [-0.05, 0) is 13.8 Å². The zero-order chi connectivity index (χ0) is 14.5. The number of hydrazine groups is 1. The number of nitrogens with one attached hydrogen (secondary N) is 1. The molecule has 3 N–H and O–H groups in total. The van der Waals surface area contributed by atoms with Crippen LogP contribution in [0.15, 0.2) is 0 Å². The van der Waals surface area contributed by atoms with E-state index in [0.29, 0.717) is 39.5 Å². The van der Waals surface area contributed by atoms with E-state index >= 15 is 0 Å². The first kappa shape index (κ1) is 18.3. The second-order valence-electron chi connectivity index (χ2n) is 3.91. The lowest BCUT2D eigenvalue weighted by Crippen LogP contribution is -2.53. The van der Waals surface area contributed by atoms with Crippen molar-refractivity contribution in [1.29, 1.82) is 0 Å². The molecule has 7 heteroatoms. The van der Waals surface area contributed by atoms with Crippen molar-refractivity contribution < 1.29 is 19.0 Å². The minimum atomic E-state index is -0.434. The van der Waals surface area contributed by atoms with E-state index in [1.54, 1.807) is 7.11 Å². The van der Waals surface area contributed by atoms with Crippen LogP contribution < -0.4 is 11.3 Å². The first-order valence-corrected chi connectivity index (χ1v) is 6.60. The van der Waals surface area contributed by atoms with Crippen LogP contribution in [0.1, 0.15) is 13.8 Å². The second kappa shape index (κ2) is 12.3. The third-order valence-electron chi connectivity index (χ3n) is 2.66. The van der Waals surface area contributed by atoms with Crippen molar-refractivity contribution >= 4 is 5.91 Å². The highest BCUT2D eigenvalue weighted by Gasteiger charge is 2.25. The minimum absolute atomic E-state index is 0.269. The van der Waals surface area contributed by atoms with Crippen LogP contribution in [-0.2, 0) is 19.0 Å². The zero-order valence-electron chi connectivity index (χ0n) is 12.2. The summed E-state index contributed by atoms with van der Waals surface area (Å²) in [5.41, 5.74) is 2.17. The zero-order valence-corrected chi connectivity index (χ0v) is 12.2. The fourth-order valence-electron chi connectivity index (χ4n) is 1.68. The van der Waals surface area contributed by atoms with Crippen molar-refractivity contribution in [3.05, 3.63) is 0 Å². The topological polar surface area (TPSA) is 86.0 Å². The van der Waals surface area contributed by atoms with Crippen molar-refractivity contribution in [2.45, 2.75) is 19.9 Å². The van der Waals surface area contributed by atoms with Gasteiger partial charge in [-0.1, -0.05) is 0 Å². The molecule has 0 aliphatic carbocycles. The van der Waals surface area contributed by atoms with Crippen molar-refractivity contribution in [3.63, 3.8) is 0 Å². The van der Waals surface area contributed by atoms with E-state index in [4.69, 9.17) is 20.1 Å². The quantitative estimate of drug-likeness (QED) is 0.214. The molecule has 19 heavy (non-hydrogen) atoms. The van der Waals surface area contributed by atoms with E-state index in [9.17, 15) is 4.79 Å². The fraction of sp³-hybridized carbons (Fsp3) is 0.917. The molecule has 0 radical (unpaired) electrons. The Balaban J connectivity index is 4.47. The number of carbonyl (C=O) groups is 1. The normalized spacial score (nSPS) is 12.7. The molecule has 0 saturated carbocycles. The monoisotopic (exact) mass is 277 g/mol. The van der Waals surface area contributed by atoms with Crippen molar-refractivity contribution in [3.8, 4) is 0 Å². The van der Waals surface area contributed by atoms with E-state index in [0.717, 1.165) is 0 Å². The summed E-state index contributed by atoms with van der Waals surface area (Å²) >= 11 is 0. The summed E-state index contributed by atoms with van der Waals surface area (Å²) in [6.07, 6.45) is 0. The Bertz CT molecular complexity index is 219. The molecular weight excluding hydrogens is 250 g/mol. The molecule has 0 aromatic carbocycles. The van der Waals surface area contributed by atoms with Crippen LogP contribution in [0, 0.1) is 0 Å². The molecule has 0 aromatic heterocycles. The van der Waals surface area contributed by atoms with Gasteiger partial charge >= 0.3 is 0 Å². The number of hydrogen-bond acceptors (Lipinski definition) is 6. The third kappa shape index (κ3) is 8.12. The molecule has 0 aromatic rings. The molecule has 0 bridgehead atoms. The van der Waals surface area contributed by atoms with Gasteiger partial charge in [-0.2, -0.15) is 0 Å². The van der Waals surface area contributed by atoms with Crippen LogP contribution in [0.4, 0.5) is 0 Å². The predicted molar refractivity (Wildman–Crippen MR) is 72.6 cm³/mol. The first-order chi connectivity index (χ1) is 9.21. The highest BCUT2D eigenvalue weighted by molar-refractivity contribution is 5.81. The third-order valence-corrected chi connectivity index (χ3v) is 2.66. The van der Waals surface area contributed by atoms with Gasteiger partial charge in [0.25, 0.3) is 5.91 Å². The number of amides is 1. The SMILES string of the molecule is CCOCCN(CCOCC)C(COC)C(=O)NN. The van der Waals surface area contributed by atoms with Crippen molar-refractivity contribution in [2.24, 2.45) is 5.84 Å². The number of hydrogen-bond donors (Lipinski definition) is 2. The lowest BCUT2D eigenvalue weighted by atomic mass is 10.2. The van der Waals surface area contributed by atoms with Gasteiger partial charge < -0.3 is 14.2 Å². The molecule has 1 atom stereocenters. The van der Waals surface area contributed by atoms with Gasteiger partial charge in [0.05, 0.1) is 19.8 Å². The smallest absolute Gasteiger partial charge is 0.253 e. The number of rotatable bonds is 12. The Kier molecular flexibility index (Phi) is 11.8. The number of carbonyl (C=O) groups excluding carboxylic acids is 1. The number of nitrogens with zero attached hydrogens (tertiary/aromatic N) is 1. The molecule has 114 valence electrons. The van der Waals surface area contributed by atoms with Crippen LogP contribution >= 0.6 is 0 Å². The van der Waals surface area contributed by atoms with E-state index in [1.807, 2.05) is 18.7 Å². The maximum atomic E-state index is 11.8. The van der Waals surface area contributed by atoms with Crippen molar-refractivity contribution in [1.82, 2.24) is 10.3 Å². The molecule has 0 fully saturated rings. The van der Waals surface area contributed by atoms with Crippen LogP contribution in [0.25, 0.3) is 0 Å². The molecule has 7 nitrogen and oxygen atoms in total. The summed E-state index contributed by atoms with van der Waals surface area (Å²) in [6.45, 7) is 7.82. The Hall–Kier alpha value is -0.730. The van der Waals surface area contributed by atoms with Gasteiger partial charge in [-0.25, -0.2) is 5.84 Å². The lowest BCUT2D eigenvalue weighted by Gasteiger charge is -2.29. The van der Waals surface area contributed by atoms with Crippen molar-refractivity contribution in [2.75, 3.05) is 53.2 Å². The summed E-state index contributed by atoms with van der Waals surface area (Å²) in [4.78, 5) is 13.7. The number of methoxy groups -OCH3 is 1. The number of nitrogens with two attached hydrogens (primary N) is 1. The van der Waals surface area contributed by atoms with Crippen LogP contribution in [0.2, 0.25) is 0 Å². The molecule has 1 unspecified atom stereocenters. The van der Waals surface area contributed by atoms with E-state index < -0.39 is 6.04 Å². The second-order valence-corrected chi connectivity index (χ2v) is 3.91. The first-order valence-electron chi connectivity index (χ1n) is 6.60. The molecule has 0 heterocycles. The molecule has 0 spiro atoms. The fourth-order valence-corrected chi connectivity index (χ4v) is 1.68. The summed E-state index contributed by atoms with van der Waals surface area (Å²) in [6, 6.07) is -0.434. The Morgan fingerprint density at radius 1 is 1.21 bits per heavy atom. The standard InChI is InChI=1S/C12H27N3O4/c1-4-18-8-6-15(7-9-19-5-2)11(10-17-3)12(16)14-13/h11H,4-10,13H2,1-3H3,(H,14,16). The van der Waals surface area contributed by atoms with Gasteiger partial charge in [0.1, 0.15) is 6.04 Å². The van der Waals surface area contributed by atoms with Gasteiger partial charge in [-0.3, -0.25) is 15.1 Å². The molecule has 1 amide bonds. The van der Waals surface area contributed by atoms with Crippen LogP contribution in [0.3, 0.4) is 0 Å². The molecule has 0 aliphatic rings. The summed E-state index contributed by atoms with van der Waals surface area (Å²) in [7, 11) is 1.56. The highest BCUT2D eigenvalue weighted by Crippen LogP contribution is 2.01. The Morgan fingerprint density at radius 2 is 1.74 bits per heavy atom. The van der Waals surface area contributed by atoms with Gasteiger partial charge in [0.2, 0.25) is 0 Å². The maximum Gasteiger partial charge on any atom is 0.253 e. The lowest BCUT2D eigenvalue weighted by molar-refractivity contribution is -0.129. The van der Waals surface area contributed by atoms with Crippen LogP contribution in [-0.4, -0.2) is 70.1 Å².